The van der Waals surface area contributed by atoms with E-state index in [0.29, 0.717) is 71.4 Å². The summed E-state index contributed by atoms with van der Waals surface area (Å²) >= 11 is 0. The van der Waals surface area contributed by atoms with Crippen molar-refractivity contribution < 1.29 is 47.5 Å². The summed E-state index contributed by atoms with van der Waals surface area (Å²) in [6.45, 7) is 24.7. The fourth-order valence-electron chi connectivity index (χ4n) is 13.3. The van der Waals surface area contributed by atoms with Crippen molar-refractivity contribution in [1.82, 2.24) is 4.90 Å². The van der Waals surface area contributed by atoms with Crippen LogP contribution in [0.15, 0.2) is 48.6 Å². The molecule has 0 aliphatic heterocycles. The van der Waals surface area contributed by atoms with Crippen molar-refractivity contribution in [2.75, 3.05) is 65.9 Å². The van der Waals surface area contributed by atoms with Gasteiger partial charge in [-0.15, -0.1) is 0 Å². The number of hydrogen-bond acceptors (Lipinski definition) is 11. The lowest BCUT2D eigenvalue weighted by Crippen LogP contribution is -2.48. The summed E-state index contributed by atoms with van der Waals surface area (Å²) in [6.07, 6.45) is 54.4. The molecule has 0 aromatic rings. The van der Waals surface area contributed by atoms with E-state index in [9.17, 15) is 14.4 Å². The van der Waals surface area contributed by atoms with Gasteiger partial charge in [0, 0.05) is 45.7 Å². The molecule has 2 bridgehead atoms. The molecule has 0 heterocycles. The lowest BCUT2D eigenvalue weighted by molar-refractivity contribution is -0.159. The number of esters is 3. The maximum atomic E-state index is 13.4. The van der Waals surface area contributed by atoms with Gasteiger partial charge in [-0.3, -0.25) is 14.4 Å². The molecule has 11 heteroatoms. The zero-order valence-corrected chi connectivity index (χ0v) is 55.8. The summed E-state index contributed by atoms with van der Waals surface area (Å²) in [7, 11) is 0. The number of fused-ring (bicyclic) bond motifs is 2. The second kappa shape index (κ2) is 51.1. The Bertz CT molecular complexity index is 1670. The number of carbonyl (C=O) groups excluding carboxylic acids is 3. The van der Waals surface area contributed by atoms with Crippen molar-refractivity contribution in [1.29, 1.82) is 0 Å². The van der Waals surface area contributed by atoms with Crippen LogP contribution in [0.4, 0.5) is 0 Å². The van der Waals surface area contributed by atoms with Gasteiger partial charge in [-0.05, 0) is 222 Å². The first-order valence-corrected chi connectivity index (χ1v) is 35.2. The number of hydrogen-bond donors (Lipinski definition) is 0. The monoisotopic (exact) mass is 1180 g/mol. The number of ether oxygens (including phenoxy) is 7. The van der Waals surface area contributed by atoms with Crippen LogP contribution in [0, 0.1) is 22.2 Å². The van der Waals surface area contributed by atoms with Gasteiger partial charge in [0.1, 0.15) is 0 Å². The van der Waals surface area contributed by atoms with Crippen molar-refractivity contribution in [3.8, 4) is 0 Å². The van der Waals surface area contributed by atoms with Gasteiger partial charge in [-0.1, -0.05) is 136 Å². The SMILES string of the molecule is CCC/C=C\CCCCOC(CCC(=O)OCCCC1(C)CC2CC(CC)(CCCOC(=O)CCCN(CC)CC)CC(CCCOC(=O)CCC(OCCCC/C=C\CCC)OCCCC/C=C\CCC)(C2)C1)OCCCC/C=C\CCC. The van der Waals surface area contributed by atoms with Crippen molar-refractivity contribution in [2.45, 2.75) is 312 Å². The predicted octanol–water partition coefficient (Wildman–Crippen LogP) is 19.4. The predicted molar refractivity (Wildman–Crippen MR) is 349 cm³/mol. The lowest BCUT2D eigenvalue weighted by Gasteiger charge is -2.59. The van der Waals surface area contributed by atoms with Gasteiger partial charge < -0.3 is 38.1 Å². The first-order valence-electron chi connectivity index (χ1n) is 35.2. The highest BCUT2D eigenvalue weighted by Gasteiger charge is 2.53. The summed E-state index contributed by atoms with van der Waals surface area (Å²) in [5, 5.41) is 0. The smallest absolute Gasteiger partial charge is 0.305 e. The molecule has 0 aromatic heterocycles. The van der Waals surface area contributed by atoms with Crippen molar-refractivity contribution in [3.05, 3.63) is 48.6 Å². The van der Waals surface area contributed by atoms with E-state index in [1.54, 1.807) is 0 Å². The third-order valence-electron chi connectivity index (χ3n) is 17.6. The summed E-state index contributed by atoms with van der Waals surface area (Å²) in [6, 6.07) is 0. The average molecular weight is 1180 g/mol. The zero-order chi connectivity index (χ0) is 61.1. The van der Waals surface area contributed by atoms with E-state index in [-0.39, 0.29) is 47.0 Å². The molecule has 488 valence electrons. The molecule has 0 radical (unpaired) electrons. The van der Waals surface area contributed by atoms with Crippen molar-refractivity contribution in [3.63, 3.8) is 0 Å². The molecule has 0 N–H and O–H groups in total. The first-order chi connectivity index (χ1) is 40.9. The first kappa shape index (κ1) is 77.3. The molecule has 4 atom stereocenters. The van der Waals surface area contributed by atoms with Crippen LogP contribution >= 0.6 is 0 Å². The van der Waals surface area contributed by atoms with Crippen LogP contribution in [0.2, 0.25) is 0 Å². The Labute approximate surface area is 516 Å². The van der Waals surface area contributed by atoms with Crippen LogP contribution in [-0.2, 0) is 47.5 Å². The van der Waals surface area contributed by atoms with Gasteiger partial charge >= 0.3 is 17.9 Å². The second-order valence-corrected chi connectivity index (χ2v) is 25.5. The van der Waals surface area contributed by atoms with Crippen LogP contribution in [0.3, 0.4) is 0 Å². The summed E-state index contributed by atoms with van der Waals surface area (Å²) in [5.74, 6) is 0.150. The van der Waals surface area contributed by atoms with Crippen molar-refractivity contribution in [2.24, 2.45) is 22.2 Å². The molecule has 2 rings (SSSR count). The largest absolute Gasteiger partial charge is 0.466 e. The molecule has 2 aliphatic carbocycles. The maximum absolute atomic E-state index is 13.4. The Hall–Kier alpha value is -2.83. The van der Waals surface area contributed by atoms with Gasteiger partial charge in [0.15, 0.2) is 12.6 Å². The van der Waals surface area contributed by atoms with Gasteiger partial charge in [-0.2, -0.15) is 0 Å². The molecule has 0 saturated heterocycles. The topological polar surface area (TPSA) is 119 Å². The molecule has 0 aromatic carbocycles. The van der Waals surface area contributed by atoms with E-state index < -0.39 is 12.6 Å². The quantitative estimate of drug-likeness (QED) is 0.0190. The molecule has 2 saturated carbocycles. The highest BCUT2D eigenvalue weighted by atomic mass is 16.7. The molecule has 2 fully saturated rings. The Balaban J connectivity index is 2.06. The van der Waals surface area contributed by atoms with E-state index in [1.807, 2.05) is 0 Å². The second-order valence-electron chi connectivity index (χ2n) is 25.5. The number of allylic oxidation sites excluding steroid dienone is 8. The van der Waals surface area contributed by atoms with Crippen LogP contribution in [0.5, 0.6) is 0 Å². The minimum atomic E-state index is -0.412. The molecule has 11 nitrogen and oxygen atoms in total. The van der Waals surface area contributed by atoms with Gasteiger partial charge in [0.05, 0.1) is 32.7 Å². The Kier molecular flexibility index (Phi) is 47.0. The van der Waals surface area contributed by atoms with Crippen LogP contribution in [-0.4, -0.2) is 101 Å². The van der Waals surface area contributed by atoms with Gasteiger partial charge in [0.2, 0.25) is 0 Å². The summed E-state index contributed by atoms with van der Waals surface area (Å²) in [5.41, 5.74) is 0.414. The molecular weight excluding hydrogens is 1050 g/mol. The van der Waals surface area contributed by atoms with Gasteiger partial charge in [0.25, 0.3) is 0 Å². The van der Waals surface area contributed by atoms with E-state index in [2.05, 4.69) is 109 Å². The van der Waals surface area contributed by atoms with Crippen LogP contribution in [0.25, 0.3) is 0 Å². The molecule has 0 amide bonds. The minimum Gasteiger partial charge on any atom is -0.466 e. The number of carbonyl (C=O) groups is 3. The van der Waals surface area contributed by atoms with Crippen LogP contribution < -0.4 is 0 Å². The molecule has 2 aliphatic rings. The van der Waals surface area contributed by atoms with Crippen LogP contribution in [0.1, 0.15) is 299 Å². The Morgan fingerprint density at radius 2 is 0.821 bits per heavy atom. The molecule has 84 heavy (non-hydrogen) atoms. The molecule has 0 spiro atoms. The standard InChI is InChI=1S/C73H131NO10/c1-9-16-20-24-28-32-36-53-81-69(82-54-37-33-29-25-21-17-10-2)47-45-67(76)79-57-41-49-71(8)60-65-61-72(13-5,50-42-58-78-66(75)44-40-52-74(14-6)15-7)64-73(62-65,63-71)51-43-59-80-68(77)46-48-70(83-55-38-34-30-26-22-18-11-3)84-56-39-35-31-27-23-19-12-4/h20-27,65,69-70H,9-19,28-64H2,1-8H3/b24-20-,25-21-,26-22-,27-23-. The Morgan fingerprint density at radius 3 is 1.23 bits per heavy atom. The zero-order valence-electron chi connectivity index (χ0n) is 55.8. The van der Waals surface area contributed by atoms with E-state index in [4.69, 9.17) is 33.2 Å². The average Bonchev–Trinajstić information content (AvgIpc) is 1.22. The molecular formula is C73H131NO10. The highest BCUT2D eigenvalue weighted by molar-refractivity contribution is 5.70. The highest BCUT2D eigenvalue weighted by Crippen LogP contribution is 2.64. The molecule has 4 unspecified atom stereocenters. The number of rotatable bonds is 57. The van der Waals surface area contributed by atoms with E-state index >= 15 is 0 Å². The fourth-order valence-corrected chi connectivity index (χ4v) is 13.3. The third kappa shape index (κ3) is 39.1. The van der Waals surface area contributed by atoms with Crippen molar-refractivity contribution >= 4 is 17.9 Å². The summed E-state index contributed by atoms with van der Waals surface area (Å²) in [4.78, 5) is 41.8. The third-order valence-corrected chi connectivity index (χ3v) is 17.6. The van der Waals surface area contributed by atoms with Gasteiger partial charge in [-0.25, -0.2) is 0 Å². The fraction of sp³-hybridized carbons (Fsp3) is 0.849. The lowest BCUT2D eigenvalue weighted by atomic mass is 9.46. The Morgan fingerprint density at radius 1 is 0.429 bits per heavy atom. The summed E-state index contributed by atoms with van der Waals surface area (Å²) < 4.78 is 42.8. The number of nitrogens with zero attached hydrogens (tertiary/aromatic N) is 1. The van der Waals surface area contributed by atoms with E-state index in [0.717, 1.165) is 187 Å². The minimum absolute atomic E-state index is 0.0780. The van der Waals surface area contributed by atoms with E-state index in [1.165, 1.54) is 44.9 Å². The number of unbranched alkanes of at least 4 members (excludes halogenated alkanes) is 12. The normalized spacial score (nSPS) is 20.1. The maximum Gasteiger partial charge on any atom is 0.305 e.